The van der Waals surface area contributed by atoms with Gasteiger partial charge in [0.25, 0.3) is 0 Å². The Bertz CT molecular complexity index is 980. The molecule has 138 valence electrons. The summed E-state index contributed by atoms with van der Waals surface area (Å²) >= 11 is 12.5. The summed E-state index contributed by atoms with van der Waals surface area (Å²) in [5.74, 6) is -0.214. The summed E-state index contributed by atoms with van der Waals surface area (Å²) in [6, 6.07) is 13.1. The van der Waals surface area contributed by atoms with Gasteiger partial charge in [-0.15, -0.1) is 0 Å². The largest absolute Gasteiger partial charge is 0.294 e. The highest BCUT2D eigenvalue weighted by molar-refractivity contribution is 6.35. The molecule has 5 heteroatoms. The number of ketones is 1. The molecule has 4 rings (SSSR count). The Morgan fingerprint density at radius 2 is 1.85 bits per heavy atom. The van der Waals surface area contributed by atoms with Crippen LogP contribution in [-0.4, -0.2) is 11.7 Å². The summed E-state index contributed by atoms with van der Waals surface area (Å²) in [5, 5.41) is 1.03. The summed E-state index contributed by atoms with van der Waals surface area (Å²) in [5.41, 5.74) is 4.24. The zero-order valence-corrected chi connectivity index (χ0v) is 16.5. The van der Waals surface area contributed by atoms with E-state index in [9.17, 15) is 9.59 Å². The molecule has 0 bridgehead atoms. The predicted molar refractivity (Wildman–Crippen MR) is 108 cm³/mol. The lowest BCUT2D eigenvalue weighted by molar-refractivity contribution is -0.119. The topological polar surface area (TPSA) is 37.4 Å². The van der Waals surface area contributed by atoms with Gasteiger partial charge >= 0.3 is 0 Å². The van der Waals surface area contributed by atoms with Crippen molar-refractivity contribution < 1.29 is 9.59 Å². The van der Waals surface area contributed by atoms with Crippen molar-refractivity contribution in [3.8, 4) is 0 Å². The number of halogens is 2. The first kappa shape index (κ1) is 18.3. The third-order valence-corrected chi connectivity index (χ3v) is 5.84. The summed E-state index contributed by atoms with van der Waals surface area (Å²) in [4.78, 5) is 27.8. The number of nitrogens with zero attached hydrogens (tertiary/aromatic N) is 1. The van der Waals surface area contributed by atoms with Gasteiger partial charge in [0.1, 0.15) is 0 Å². The van der Waals surface area contributed by atoms with Gasteiger partial charge in [-0.2, -0.15) is 0 Å². The second kappa shape index (κ2) is 7.14. The molecule has 0 fully saturated rings. The first-order valence-corrected chi connectivity index (χ1v) is 9.82. The summed E-state index contributed by atoms with van der Waals surface area (Å²) < 4.78 is 0. The molecule has 1 aliphatic carbocycles. The van der Waals surface area contributed by atoms with Gasteiger partial charge in [-0.1, -0.05) is 41.4 Å². The highest BCUT2D eigenvalue weighted by Crippen LogP contribution is 2.45. The van der Waals surface area contributed by atoms with Gasteiger partial charge in [0.2, 0.25) is 5.91 Å². The Balaban J connectivity index is 1.88. The number of anilines is 1. The van der Waals surface area contributed by atoms with Crippen LogP contribution in [0.4, 0.5) is 5.69 Å². The van der Waals surface area contributed by atoms with Crippen molar-refractivity contribution in [3.05, 3.63) is 74.9 Å². The van der Waals surface area contributed by atoms with Crippen LogP contribution in [0.15, 0.2) is 53.7 Å². The Morgan fingerprint density at radius 1 is 1.04 bits per heavy atom. The zero-order valence-electron chi connectivity index (χ0n) is 15.0. The van der Waals surface area contributed by atoms with Crippen LogP contribution in [0.1, 0.15) is 42.7 Å². The zero-order chi connectivity index (χ0) is 19.1. The van der Waals surface area contributed by atoms with E-state index in [1.54, 1.807) is 17.0 Å². The van der Waals surface area contributed by atoms with E-state index in [1.165, 1.54) is 0 Å². The molecule has 0 spiro atoms. The van der Waals surface area contributed by atoms with Gasteiger partial charge in [0, 0.05) is 45.8 Å². The summed E-state index contributed by atoms with van der Waals surface area (Å²) in [6.45, 7) is 2.00. The van der Waals surface area contributed by atoms with Crippen LogP contribution in [0.3, 0.4) is 0 Å². The number of hydrogen-bond acceptors (Lipinski definition) is 2. The normalized spacial score (nSPS) is 20.1. The molecule has 27 heavy (non-hydrogen) atoms. The van der Waals surface area contributed by atoms with Gasteiger partial charge in [-0.05, 0) is 55.2 Å². The van der Waals surface area contributed by atoms with Crippen LogP contribution in [0, 0.1) is 6.92 Å². The van der Waals surface area contributed by atoms with Crippen molar-refractivity contribution in [1.82, 2.24) is 0 Å². The van der Waals surface area contributed by atoms with Gasteiger partial charge in [0.05, 0.1) is 0 Å². The molecule has 2 aliphatic rings. The van der Waals surface area contributed by atoms with E-state index in [2.05, 4.69) is 0 Å². The van der Waals surface area contributed by atoms with E-state index in [0.717, 1.165) is 34.5 Å². The molecule has 2 aromatic carbocycles. The molecular formula is C22H19Cl2NO2. The molecule has 0 saturated carbocycles. The molecule has 3 nitrogen and oxygen atoms in total. The molecule has 1 amide bonds. The van der Waals surface area contributed by atoms with Crippen molar-refractivity contribution in [1.29, 1.82) is 0 Å². The molecule has 0 aromatic heterocycles. The minimum Gasteiger partial charge on any atom is -0.294 e. The maximum atomic E-state index is 13.1. The van der Waals surface area contributed by atoms with Gasteiger partial charge in [-0.25, -0.2) is 0 Å². The lowest BCUT2D eigenvalue weighted by atomic mass is 9.77. The molecule has 1 heterocycles. The Kier molecular flexibility index (Phi) is 4.83. The van der Waals surface area contributed by atoms with Crippen LogP contribution >= 0.6 is 23.2 Å². The number of Topliss-reactive ketones (excluding diaryl/α,β-unsaturated/α-hetero) is 1. The number of allylic oxidation sites excluding steroid dienone is 2. The number of hydrogen-bond donors (Lipinski definition) is 0. The Hall–Kier alpha value is -2.10. The van der Waals surface area contributed by atoms with Crippen LogP contribution < -0.4 is 4.90 Å². The molecule has 0 radical (unpaired) electrons. The molecule has 1 unspecified atom stereocenters. The number of amides is 1. The standard InChI is InChI=1S/C22H19Cl2NO2/c1-13-4-2-5-15(10-13)25-19-6-3-7-20(26)22(19)17(12-21(25)27)16-9-8-14(23)11-18(16)24/h2,4-5,8-11,17H,3,6-7,12H2,1H3. The molecule has 0 saturated heterocycles. The van der Waals surface area contributed by atoms with Crippen LogP contribution in [0.2, 0.25) is 10.0 Å². The number of carbonyl (C=O) groups excluding carboxylic acids is 2. The second-order valence-corrected chi connectivity index (χ2v) is 7.97. The fourth-order valence-corrected chi connectivity index (χ4v) is 4.65. The van der Waals surface area contributed by atoms with Gasteiger partial charge in [0.15, 0.2) is 5.78 Å². The summed E-state index contributed by atoms with van der Waals surface area (Å²) in [6.07, 6.45) is 2.20. The van der Waals surface area contributed by atoms with Crippen molar-refractivity contribution >= 4 is 40.6 Å². The average molecular weight is 400 g/mol. The second-order valence-electron chi connectivity index (χ2n) is 7.13. The van der Waals surface area contributed by atoms with Crippen molar-refractivity contribution in [3.63, 3.8) is 0 Å². The lowest BCUT2D eigenvalue weighted by Gasteiger charge is -2.38. The van der Waals surface area contributed by atoms with E-state index < -0.39 is 0 Å². The van der Waals surface area contributed by atoms with Gasteiger partial charge in [-0.3, -0.25) is 14.5 Å². The van der Waals surface area contributed by atoms with E-state index in [0.29, 0.717) is 22.9 Å². The third kappa shape index (κ3) is 3.30. The maximum absolute atomic E-state index is 13.1. The maximum Gasteiger partial charge on any atom is 0.232 e. The van der Waals surface area contributed by atoms with E-state index in [-0.39, 0.29) is 24.0 Å². The summed E-state index contributed by atoms with van der Waals surface area (Å²) in [7, 11) is 0. The van der Waals surface area contributed by atoms with E-state index in [1.807, 2.05) is 37.3 Å². The predicted octanol–water partition coefficient (Wildman–Crippen LogP) is 5.83. The van der Waals surface area contributed by atoms with Crippen LogP contribution in [-0.2, 0) is 9.59 Å². The van der Waals surface area contributed by atoms with E-state index >= 15 is 0 Å². The minimum absolute atomic E-state index is 0.00920. The molecule has 1 atom stereocenters. The highest BCUT2D eigenvalue weighted by Gasteiger charge is 2.40. The fraction of sp³-hybridized carbons (Fsp3) is 0.273. The van der Waals surface area contributed by atoms with Crippen LogP contribution in [0.5, 0.6) is 0 Å². The number of rotatable bonds is 2. The quantitative estimate of drug-likeness (QED) is 0.636. The minimum atomic E-state index is -0.314. The molecular weight excluding hydrogens is 381 g/mol. The SMILES string of the molecule is Cc1cccc(N2C(=O)CC(c3ccc(Cl)cc3Cl)C3=C2CCCC3=O)c1. The van der Waals surface area contributed by atoms with Gasteiger partial charge < -0.3 is 0 Å². The Morgan fingerprint density at radius 3 is 2.59 bits per heavy atom. The number of aryl methyl sites for hydroxylation is 1. The lowest BCUT2D eigenvalue weighted by Crippen LogP contribution is -2.40. The van der Waals surface area contributed by atoms with Crippen LogP contribution in [0.25, 0.3) is 0 Å². The molecule has 0 N–H and O–H groups in total. The first-order chi connectivity index (χ1) is 13.0. The fourth-order valence-electron chi connectivity index (χ4n) is 4.11. The van der Waals surface area contributed by atoms with Crippen molar-refractivity contribution in [2.24, 2.45) is 0 Å². The number of benzene rings is 2. The van der Waals surface area contributed by atoms with Crippen molar-refractivity contribution in [2.45, 2.75) is 38.5 Å². The molecule has 2 aromatic rings. The Labute approximate surface area is 168 Å². The first-order valence-electron chi connectivity index (χ1n) is 9.06. The van der Waals surface area contributed by atoms with E-state index in [4.69, 9.17) is 23.2 Å². The monoisotopic (exact) mass is 399 g/mol. The average Bonchev–Trinajstić information content (AvgIpc) is 2.61. The molecule has 1 aliphatic heterocycles. The highest BCUT2D eigenvalue weighted by atomic mass is 35.5. The smallest absolute Gasteiger partial charge is 0.232 e. The number of carbonyl (C=O) groups is 2. The third-order valence-electron chi connectivity index (χ3n) is 5.27. The van der Waals surface area contributed by atoms with Crippen molar-refractivity contribution in [2.75, 3.05) is 4.90 Å².